The van der Waals surface area contributed by atoms with Crippen LogP contribution in [0, 0.1) is 12.7 Å². The number of halogens is 1. The summed E-state index contributed by atoms with van der Waals surface area (Å²) in [5.74, 6) is 1.24. The Morgan fingerprint density at radius 2 is 1.97 bits per heavy atom. The van der Waals surface area contributed by atoms with E-state index in [0.717, 1.165) is 54.9 Å². The van der Waals surface area contributed by atoms with Crippen molar-refractivity contribution in [1.82, 2.24) is 24.8 Å². The van der Waals surface area contributed by atoms with E-state index in [2.05, 4.69) is 14.9 Å². The number of fused-ring (bicyclic) bond motifs is 1. The maximum Gasteiger partial charge on any atom is 0.274 e. The van der Waals surface area contributed by atoms with E-state index in [0.29, 0.717) is 24.6 Å². The molecule has 2 aliphatic rings. The van der Waals surface area contributed by atoms with Crippen LogP contribution in [0.4, 0.5) is 10.2 Å². The molecule has 4 heterocycles. The highest BCUT2D eigenvalue weighted by Gasteiger charge is 2.34. The van der Waals surface area contributed by atoms with E-state index < -0.39 is 0 Å². The molecular weight excluding hydrogens is 407 g/mol. The number of anilines is 1. The normalized spacial score (nSPS) is 18.0. The minimum atomic E-state index is -0.234. The molecule has 1 aromatic carbocycles. The van der Waals surface area contributed by atoms with Crippen LogP contribution in [0.1, 0.15) is 58.4 Å². The van der Waals surface area contributed by atoms with E-state index in [-0.39, 0.29) is 17.8 Å². The van der Waals surface area contributed by atoms with Crippen LogP contribution in [0.5, 0.6) is 0 Å². The van der Waals surface area contributed by atoms with Gasteiger partial charge < -0.3 is 9.80 Å². The number of benzene rings is 1. The molecule has 8 heteroatoms. The van der Waals surface area contributed by atoms with Gasteiger partial charge >= 0.3 is 0 Å². The summed E-state index contributed by atoms with van der Waals surface area (Å²) in [7, 11) is 0. The van der Waals surface area contributed by atoms with E-state index in [9.17, 15) is 9.18 Å². The van der Waals surface area contributed by atoms with Gasteiger partial charge in [-0.3, -0.25) is 9.78 Å². The van der Waals surface area contributed by atoms with Gasteiger partial charge in [0.25, 0.3) is 5.91 Å². The van der Waals surface area contributed by atoms with Gasteiger partial charge in [0.15, 0.2) is 5.82 Å². The second-order valence-electron chi connectivity index (χ2n) is 8.37. The van der Waals surface area contributed by atoms with Gasteiger partial charge in [-0.1, -0.05) is 12.1 Å². The quantitative estimate of drug-likeness (QED) is 0.627. The largest absolute Gasteiger partial charge is 0.352 e. The number of aryl methyl sites for hydroxylation is 1. The van der Waals surface area contributed by atoms with Crippen LogP contribution in [0.25, 0.3) is 0 Å². The summed E-state index contributed by atoms with van der Waals surface area (Å²) in [6.07, 6.45) is 8.28. The minimum Gasteiger partial charge on any atom is -0.352 e. The molecule has 0 spiro atoms. The van der Waals surface area contributed by atoms with Gasteiger partial charge in [-0.25, -0.2) is 19.3 Å². The Balaban J connectivity index is 1.46. The molecule has 0 aliphatic carbocycles. The van der Waals surface area contributed by atoms with Crippen LogP contribution in [0.15, 0.2) is 42.9 Å². The van der Waals surface area contributed by atoms with Gasteiger partial charge in [0.2, 0.25) is 0 Å². The van der Waals surface area contributed by atoms with Gasteiger partial charge in [0, 0.05) is 43.3 Å². The molecule has 0 radical (unpaired) electrons. The van der Waals surface area contributed by atoms with Gasteiger partial charge in [0.1, 0.15) is 17.3 Å². The molecule has 1 amide bonds. The molecule has 2 aliphatic heterocycles. The zero-order chi connectivity index (χ0) is 22.1. The van der Waals surface area contributed by atoms with Crippen molar-refractivity contribution in [2.24, 2.45) is 0 Å². The molecule has 2 aromatic heterocycles. The zero-order valence-corrected chi connectivity index (χ0v) is 18.0. The van der Waals surface area contributed by atoms with E-state index >= 15 is 0 Å². The molecule has 0 bridgehead atoms. The van der Waals surface area contributed by atoms with Gasteiger partial charge in [-0.2, -0.15) is 0 Å². The molecule has 1 fully saturated rings. The van der Waals surface area contributed by atoms with Crippen LogP contribution in [-0.4, -0.2) is 43.8 Å². The highest BCUT2D eigenvalue weighted by molar-refractivity contribution is 5.92. The predicted molar refractivity (Wildman–Crippen MR) is 118 cm³/mol. The molecule has 1 atom stereocenters. The Morgan fingerprint density at radius 1 is 1.12 bits per heavy atom. The summed E-state index contributed by atoms with van der Waals surface area (Å²) >= 11 is 0. The maximum absolute atomic E-state index is 13.3. The minimum absolute atomic E-state index is 0.136. The fourth-order valence-electron chi connectivity index (χ4n) is 4.66. The van der Waals surface area contributed by atoms with Crippen LogP contribution < -0.4 is 4.90 Å². The summed E-state index contributed by atoms with van der Waals surface area (Å²) < 4.78 is 13.3. The number of hydrogen-bond donors (Lipinski definition) is 0. The second kappa shape index (κ2) is 8.61. The number of nitrogens with zero attached hydrogens (tertiary/aromatic N) is 6. The van der Waals surface area contributed by atoms with Gasteiger partial charge in [-0.05, 0) is 50.3 Å². The molecule has 32 heavy (non-hydrogen) atoms. The van der Waals surface area contributed by atoms with Gasteiger partial charge in [0.05, 0.1) is 12.2 Å². The highest BCUT2D eigenvalue weighted by atomic mass is 19.1. The molecule has 0 saturated carbocycles. The third-order valence-corrected chi connectivity index (χ3v) is 6.24. The predicted octanol–water partition coefficient (Wildman–Crippen LogP) is 3.64. The summed E-state index contributed by atoms with van der Waals surface area (Å²) in [6.45, 7) is 4.22. The Bertz CT molecular complexity index is 1120. The number of carbonyl (C=O) groups excluding carboxylic acids is 1. The molecule has 0 unspecified atom stereocenters. The Morgan fingerprint density at radius 3 is 2.75 bits per heavy atom. The van der Waals surface area contributed by atoms with Crippen molar-refractivity contribution >= 4 is 11.7 Å². The molecule has 5 rings (SSSR count). The highest BCUT2D eigenvalue weighted by Crippen LogP contribution is 2.35. The number of carbonyl (C=O) groups is 1. The standard InChI is InChI=1S/C24H25FN6O/c1-16-19-4-2-12-30(15-17-6-8-18(25)9-7-17)23(19)29-22(28-16)21-5-3-13-31(21)24(32)20-14-26-10-11-27-20/h6-11,14,21H,2-5,12-13,15H2,1H3/t21-/m0/s1. The number of aromatic nitrogens is 4. The molecule has 7 nitrogen and oxygen atoms in total. The first-order valence-corrected chi connectivity index (χ1v) is 11.0. The monoisotopic (exact) mass is 432 g/mol. The average Bonchev–Trinajstić information content (AvgIpc) is 3.31. The lowest BCUT2D eigenvalue weighted by Gasteiger charge is -2.32. The number of amides is 1. The Hall–Kier alpha value is -3.42. The lowest BCUT2D eigenvalue weighted by Crippen LogP contribution is -2.34. The first kappa shape index (κ1) is 20.5. The van der Waals surface area contributed by atoms with Crippen LogP contribution in [-0.2, 0) is 13.0 Å². The first-order chi connectivity index (χ1) is 15.6. The smallest absolute Gasteiger partial charge is 0.274 e. The van der Waals surface area contributed by atoms with Crippen molar-refractivity contribution < 1.29 is 9.18 Å². The number of hydrogen-bond acceptors (Lipinski definition) is 6. The molecule has 0 N–H and O–H groups in total. The van der Waals surface area contributed by atoms with Crippen LogP contribution in [0.3, 0.4) is 0 Å². The summed E-state index contributed by atoms with van der Waals surface area (Å²) in [5, 5.41) is 0. The van der Waals surface area contributed by atoms with Crippen molar-refractivity contribution in [3.05, 3.63) is 77.0 Å². The number of likely N-dealkylation sites (tertiary alicyclic amines) is 1. The summed E-state index contributed by atoms with van der Waals surface area (Å²) in [5.41, 5.74) is 3.50. The fraction of sp³-hybridized carbons (Fsp3) is 0.375. The van der Waals surface area contributed by atoms with Crippen LogP contribution in [0.2, 0.25) is 0 Å². The van der Waals surface area contributed by atoms with E-state index in [1.165, 1.54) is 24.5 Å². The van der Waals surface area contributed by atoms with Crippen molar-refractivity contribution in [2.75, 3.05) is 18.0 Å². The Labute approximate surface area is 186 Å². The van der Waals surface area contributed by atoms with Gasteiger partial charge in [-0.15, -0.1) is 0 Å². The number of rotatable bonds is 4. The topological polar surface area (TPSA) is 75.1 Å². The van der Waals surface area contributed by atoms with E-state index in [1.807, 2.05) is 24.0 Å². The van der Waals surface area contributed by atoms with Crippen molar-refractivity contribution in [1.29, 1.82) is 0 Å². The van der Waals surface area contributed by atoms with Crippen molar-refractivity contribution in [2.45, 2.75) is 45.2 Å². The third kappa shape index (κ3) is 3.92. The summed E-state index contributed by atoms with van der Waals surface area (Å²) in [6, 6.07) is 6.44. The molecule has 1 saturated heterocycles. The SMILES string of the molecule is Cc1nc([C@@H]2CCCN2C(=O)c2cnccn2)nc2c1CCCN2Cc1ccc(F)cc1. The second-order valence-corrected chi connectivity index (χ2v) is 8.37. The Kier molecular flexibility index (Phi) is 5.51. The molecule has 3 aromatic rings. The third-order valence-electron chi connectivity index (χ3n) is 6.24. The lowest BCUT2D eigenvalue weighted by molar-refractivity contribution is 0.0723. The fourth-order valence-corrected chi connectivity index (χ4v) is 4.66. The summed E-state index contributed by atoms with van der Waals surface area (Å²) in [4.78, 5) is 35.2. The van der Waals surface area contributed by atoms with E-state index in [1.54, 1.807) is 6.20 Å². The lowest BCUT2D eigenvalue weighted by atomic mass is 10.0. The van der Waals surface area contributed by atoms with Crippen molar-refractivity contribution in [3.63, 3.8) is 0 Å². The first-order valence-electron chi connectivity index (χ1n) is 11.0. The maximum atomic E-state index is 13.3. The van der Waals surface area contributed by atoms with Crippen molar-refractivity contribution in [3.8, 4) is 0 Å². The van der Waals surface area contributed by atoms with Crippen LogP contribution >= 0.6 is 0 Å². The molecular formula is C24H25FN6O. The zero-order valence-electron chi connectivity index (χ0n) is 18.0. The molecule has 164 valence electrons. The van der Waals surface area contributed by atoms with E-state index in [4.69, 9.17) is 9.97 Å². The average molecular weight is 433 g/mol.